The fourth-order valence-electron chi connectivity index (χ4n) is 4.58. The van der Waals surface area contributed by atoms with Crippen molar-refractivity contribution in [3.63, 3.8) is 0 Å². The third-order valence-corrected chi connectivity index (χ3v) is 6.52. The van der Waals surface area contributed by atoms with E-state index < -0.39 is 0 Å². The summed E-state index contributed by atoms with van der Waals surface area (Å²) < 4.78 is 5.23. The van der Waals surface area contributed by atoms with E-state index in [1.807, 2.05) is 24.3 Å². The van der Waals surface area contributed by atoms with Gasteiger partial charge in [0.2, 0.25) is 5.91 Å². The number of carbonyl (C=O) groups is 1. The molecule has 6 heteroatoms. The van der Waals surface area contributed by atoms with Gasteiger partial charge in [-0.1, -0.05) is 25.0 Å². The number of nitrogens with zero attached hydrogens (tertiary/aromatic N) is 3. The number of hydrogen-bond acceptors (Lipinski definition) is 5. The molecular weight excluding hydrogens is 400 g/mol. The highest BCUT2D eigenvalue weighted by Crippen LogP contribution is 2.21. The first-order chi connectivity index (χ1) is 15.7. The predicted molar refractivity (Wildman–Crippen MR) is 130 cm³/mol. The fourth-order valence-corrected chi connectivity index (χ4v) is 4.58. The van der Waals surface area contributed by atoms with E-state index in [0.717, 1.165) is 57.3 Å². The first kappa shape index (κ1) is 22.6. The number of rotatable bonds is 7. The van der Waals surface area contributed by atoms with Gasteiger partial charge in [0.05, 0.1) is 13.7 Å². The Morgan fingerprint density at radius 1 is 0.812 bits per heavy atom. The molecular formula is C26H36N4O2. The van der Waals surface area contributed by atoms with Crippen LogP contribution in [0.25, 0.3) is 0 Å². The van der Waals surface area contributed by atoms with E-state index in [2.05, 4.69) is 44.3 Å². The lowest BCUT2D eigenvalue weighted by atomic mass is 10.2. The molecule has 0 radical (unpaired) electrons. The van der Waals surface area contributed by atoms with Gasteiger partial charge in [0, 0.05) is 57.2 Å². The Labute approximate surface area is 192 Å². The van der Waals surface area contributed by atoms with Crippen LogP contribution < -0.4 is 15.0 Å². The number of benzene rings is 2. The maximum atomic E-state index is 12.6. The highest BCUT2D eigenvalue weighted by atomic mass is 16.5. The summed E-state index contributed by atoms with van der Waals surface area (Å²) in [7, 11) is 1.69. The number of amides is 1. The van der Waals surface area contributed by atoms with Crippen molar-refractivity contribution in [2.75, 3.05) is 63.1 Å². The first-order valence-electron chi connectivity index (χ1n) is 11.9. The number of carbonyl (C=O) groups excluding carboxylic acids is 1. The van der Waals surface area contributed by atoms with Crippen LogP contribution in [-0.4, -0.2) is 68.6 Å². The van der Waals surface area contributed by atoms with Crippen molar-refractivity contribution in [3.05, 3.63) is 54.1 Å². The normalized spacial score (nSPS) is 18.2. The summed E-state index contributed by atoms with van der Waals surface area (Å²) in [6.07, 6.45) is 5.21. The molecule has 2 aliphatic heterocycles. The van der Waals surface area contributed by atoms with Crippen molar-refractivity contribution in [2.45, 2.75) is 32.2 Å². The average molecular weight is 437 g/mol. The maximum Gasteiger partial charge on any atom is 0.238 e. The van der Waals surface area contributed by atoms with Crippen molar-refractivity contribution >= 4 is 17.3 Å². The quantitative estimate of drug-likeness (QED) is 0.715. The lowest BCUT2D eigenvalue weighted by Gasteiger charge is -2.34. The Morgan fingerprint density at radius 2 is 1.44 bits per heavy atom. The van der Waals surface area contributed by atoms with E-state index in [1.54, 1.807) is 7.11 Å². The second-order valence-electron chi connectivity index (χ2n) is 8.90. The fraction of sp³-hybridized carbons (Fsp3) is 0.500. The van der Waals surface area contributed by atoms with E-state index in [4.69, 9.17) is 4.74 Å². The molecule has 0 atom stereocenters. The smallest absolute Gasteiger partial charge is 0.238 e. The average Bonchev–Trinajstić information content (AvgIpc) is 3.11. The van der Waals surface area contributed by atoms with Gasteiger partial charge in [-0.3, -0.25) is 14.6 Å². The Kier molecular flexibility index (Phi) is 8.02. The molecule has 0 aromatic heterocycles. The van der Waals surface area contributed by atoms with E-state index >= 15 is 0 Å². The lowest BCUT2D eigenvalue weighted by Crippen LogP contribution is -2.48. The van der Waals surface area contributed by atoms with Gasteiger partial charge < -0.3 is 15.0 Å². The van der Waals surface area contributed by atoms with Gasteiger partial charge in [-0.15, -0.1) is 0 Å². The molecule has 2 aliphatic rings. The summed E-state index contributed by atoms with van der Waals surface area (Å²) in [5, 5.41) is 3.07. The zero-order valence-corrected chi connectivity index (χ0v) is 19.3. The number of piperazine rings is 1. The highest BCUT2D eigenvalue weighted by Gasteiger charge is 2.19. The second kappa shape index (κ2) is 11.3. The molecule has 0 saturated carbocycles. The Hall–Kier alpha value is -2.57. The predicted octanol–water partition coefficient (Wildman–Crippen LogP) is 3.83. The van der Waals surface area contributed by atoms with Crippen LogP contribution in [0.4, 0.5) is 11.4 Å². The minimum atomic E-state index is 0.0659. The molecule has 2 fully saturated rings. The van der Waals surface area contributed by atoms with Crippen molar-refractivity contribution < 1.29 is 9.53 Å². The van der Waals surface area contributed by atoms with E-state index in [1.165, 1.54) is 36.9 Å². The SMILES string of the molecule is COc1ccc(CN2CCN(CC(=O)Nc3ccc(N4CCCCCC4)cc3)CC2)cc1. The molecule has 4 rings (SSSR count). The molecule has 2 saturated heterocycles. The van der Waals surface area contributed by atoms with Crippen molar-refractivity contribution in [1.82, 2.24) is 9.80 Å². The molecule has 2 heterocycles. The van der Waals surface area contributed by atoms with Gasteiger partial charge in [-0.05, 0) is 54.8 Å². The molecule has 2 aromatic rings. The van der Waals surface area contributed by atoms with Crippen LogP contribution in [0.1, 0.15) is 31.2 Å². The summed E-state index contributed by atoms with van der Waals surface area (Å²) in [6.45, 7) is 7.44. The molecule has 6 nitrogen and oxygen atoms in total. The maximum absolute atomic E-state index is 12.6. The van der Waals surface area contributed by atoms with Crippen molar-refractivity contribution in [1.29, 1.82) is 0 Å². The molecule has 0 spiro atoms. The van der Waals surface area contributed by atoms with Gasteiger partial charge in [0.1, 0.15) is 5.75 Å². The van der Waals surface area contributed by atoms with Crippen molar-refractivity contribution in [2.24, 2.45) is 0 Å². The summed E-state index contributed by atoms with van der Waals surface area (Å²) >= 11 is 0. The summed E-state index contributed by atoms with van der Waals surface area (Å²) in [5.74, 6) is 0.956. The summed E-state index contributed by atoms with van der Waals surface area (Å²) in [5.41, 5.74) is 3.44. The molecule has 1 amide bonds. The number of anilines is 2. The van der Waals surface area contributed by atoms with Crippen LogP contribution in [0.3, 0.4) is 0 Å². The first-order valence-corrected chi connectivity index (χ1v) is 11.9. The van der Waals surface area contributed by atoms with Crippen LogP contribution in [-0.2, 0) is 11.3 Å². The van der Waals surface area contributed by atoms with Crippen LogP contribution in [0.15, 0.2) is 48.5 Å². The molecule has 2 aromatic carbocycles. The molecule has 0 bridgehead atoms. The second-order valence-corrected chi connectivity index (χ2v) is 8.90. The van der Waals surface area contributed by atoms with E-state index in [0.29, 0.717) is 6.54 Å². The van der Waals surface area contributed by atoms with Gasteiger partial charge in [-0.25, -0.2) is 0 Å². The van der Waals surface area contributed by atoms with Crippen LogP contribution in [0, 0.1) is 0 Å². The van der Waals surface area contributed by atoms with Gasteiger partial charge in [-0.2, -0.15) is 0 Å². The Balaban J connectivity index is 1.19. The van der Waals surface area contributed by atoms with Gasteiger partial charge >= 0.3 is 0 Å². The number of methoxy groups -OCH3 is 1. The summed E-state index contributed by atoms with van der Waals surface area (Å²) in [6, 6.07) is 16.6. The summed E-state index contributed by atoms with van der Waals surface area (Å²) in [4.78, 5) is 19.7. The van der Waals surface area contributed by atoms with E-state index in [-0.39, 0.29) is 5.91 Å². The molecule has 172 valence electrons. The number of ether oxygens (including phenoxy) is 1. The highest BCUT2D eigenvalue weighted by molar-refractivity contribution is 5.92. The van der Waals surface area contributed by atoms with Gasteiger partial charge in [0.25, 0.3) is 0 Å². The lowest BCUT2D eigenvalue weighted by molar-refractivity contribution is -0.117. The minimum absolute atomic E-state index is 0.0659. The third kappa shape index (κ3) is 6.47. The van der Waals surface area contributed by atoms with Crippen LogP contribution in [0.2, 0.25) is 0 Å². The topological polar surface area (TPSA) is 48.1 Å². The minimum Gasteiger partial charge on any atom is -0.497 e. The zero-order chi connectivity index (χ0) is 22.2. The zero-order valence-electron chi connectivity index (χ0n) is 19.3. The molecule has 0 unspecified atom stereocenters. The number of nitrogens with one attached hydrogen (secondary N) is 1. The van der Waals surface area contributed by atoms with Crippen LogP contribution >= 0.6 is 0 Å². The molecule has 32 heavy (non-hydrogen) atoms. The monoisotopic (exact) mass is 436 g/mol. The van der Waals surface area contributed by atoms with Crippen molar-refractivity contribution in [3.8, 4) is 5.75 Å². The molecule has 1 N–H and O–H groups in total. The van der Waals surface area contributed by atoms with Crippen LogP contribution in [0.5, 0.6) is 5.75 Å². The molecule has 0 aliphatic carbocycles. The Morgan fingerprint density at radius 3 is 2.06 bits per heavy atom. The largest absolute Gasteiger partial charge is 0.497 e. The standard InChI is InChI=1S/C26H36N4O2/c1-32-25-12-6-22(7-13-25)20-28-16-18-29(19-17-28)21-26(31)27-23-8-10-24(11-9-23)30-14-4-2-3-5-15-30/h6-13H,2-5,14-21H2,1H3,(H,27,31). The number of hydrogen-bond donors (Lipinski definition) is 1. The van der Waals surface area contributed by atoms with Gasteiger partial charge in [0.15, 0.2) is 0 Å². The Bertz CT molecular complexity index is 837. The third-order valence-electron chi connectivity index (χ3n) is 6.52. The van der Waals surface area contributed by atoms with E-state index in [9.17, 15) is 4.79 Å².